The maximum absolute atomic E-state index is 12.6. The van der Waals surface area contributed by atoms with Gasteiger partial charge in [-0.15, -0.1) is 0 Å². The number of ether oxygens (including phenoxy) is 1. The summed E-state index contributed by atoms with van der Waals surface area (Å²) in [5, 5.41) is 2.94. The molecule has 1 atom stereocenters. The fourth-order valence-electron chi connectivity index (χ4n) is 3.10. The van der Waals surface area contributed by atoms with Gasteiger partial charge < -0.3 is 19.4 Å². The Kier molecular flexibility index (Phi) is 5.39. The van der Waals surface area contributed by atoms with E-state index in [4.69, 9.17) is 4.42 Å². The minimum Gasteiger partial charge on any atom is -0.447 e. The van der Waals surface area contributed by atoms with Crippen LogP contribution in [0.5, 0.6) is 5.75 Å². The molecule has 0 saturated carbocycles. The van der Waals surface area contributed by atoms with E-state index < -0.39 is 6.61 Å². The number of oxazole rings is 1. The lowest BCUT2D eigenvalue weighted by molar-refractivity contribution is -0.0495. The Hall–Kier alpha value is -2.64. The summed E-state index contributed by atoms with van der Waals surface area (Å²) in [6, 6.07) is 6.55. The number of amides is 1. The van der Waals surface area contributed by atoms with Crippen molar-refractivity contribution in [3.05, 3.63) is 42.1 Å². The van der Waals surface area contributed by atoms with Gasteiger partial charge in [-0.25, -0.2) is 4.98 Å². The molecule has 0 spiro atoms. The molecule has 8 heteroatoms. The standard InChI is InChI=1S/C18H21F2N3O3/c1-11(2)16-15(21-10-25-16)17(24)22-12-7-8-23(9-12)13-5-3-4-6-14(13)26-18(19)20/h3-6,10-12,18H,7-9H2,1-2H3,(H,22,24). The predicted molar refractivity (Wildman–Crippen MR) is 91.8 cm³/mol. The molecule has 1 N–H and O–H groups in total. The zero-order valence-electron chi connectivity index (χ0n) is 14.6. The zero-order valence-corrected chi connectivity index (χ0v) is 14.6. The molecule has 1 amide bonds. The summed E-state index contributed by atoms with van der Waals surface area (Å²) in [6.45, 7) is 2.11. The Bertz CT molecular complexity index is 764. The Morgan fingerprint density at radius 2 is 2.15 bits per heavy atom. The highest BCUT2D eigenvalue weighted by Crippen LogP contribution is 2.32. The van der Waals surface area contributed by atoms with Gasteiger partial charge in [-0.2, -0.15) is 8.78 Å². The molecule has 2 heterocycles. The molecule has 1 unspecified atom stereocenters. The molecule has 1 fully saturated rings. The van der Waals surface area contributed by atoms with E-state index in [9.17, 15) is 13.6 Å². The fourth-order valence-corrected chi connectivity index (χ4v) is 3.10. The van der Waals surface area contributed by atoms with Crippen molar-refractivity contribution < 1.29 is 22.7 Å². The van der Waals surface area contributed by atoms with Crippen molar-refractivity contribution in [1.29, 1.82) is 0 Å². The minimum absolute atomic E-state index is 0.0525. The average molecular weight is 365 g/mol. The molecule has 1 aromatic heterocycles. The van der Waals surface area contributed by atoms with E-state index in [0.29, 0.717) is 36.7 Å². The second-order valence-electron chi connectivity index (χ2n) is 6.47. The molecular weight excluding hydrogens is 344 g/mol. The molecule has 3 rings (SSSR count). The number of halogens is 2. The summed E-state index contributed by atoms with van der Waals surface area (Å²) in [6.07, 6.45) is 1.97. The number of anilines is 1. The molecule has 140 valence electrons. The summed E-state index contributed by atoms with van der Waals surface area (Å²) < 4.78 is 35.0. The molecule has 2 aromatic rings. The van der Waals surface area contributed by atoms with E-state index >= 15 is 0 Å². The van der Waals surface area contributed by atoms with Gasteiger partial charge in [0.05, 0.1) is 5.69 Å². The number of carbonyl (C=O) groups is 1. The normalized spacial score (nSPS) is 17.2. The predicted octanol–water partition coefficient (Wildman–Crippen LogP) is 3.41. The van der Waals surface area contributed by atoms with Crippen molar-refractivity contribution in [2.45, 2.75) is 38.8 Å². The van der Waals surface area contributed by atoms with E-state index in [1.807, 2.05) is 18.7 Å². The lowest BCUT2D eigenvalue weighted by Gasteiger charge is -2.22. The third-order valence-electron chi connectivity index (χ3n) is 4.28. The molecule has 1 aromatic carbocycles. The number of hydrogen-bond donors (Lipinski definition) is 1. The van der Waals surface area contributed by atoms with Gasteiger partial charge in [0.1, 0.15) is 11.5 Å². The molecule has 0 radical (unpaired) electrons. The lowest BCUT2D eigenvalue weighted by atomic mass is 10.1. The van der Waals surface area contributed by atoms with E-state index in [0.717, 1.165) is 0 Å². The minimum atomic E-state index is -2.88. The van der Waals surface area contributed by atoms with Crippen LogP contribution >= 0.6 is 0 Å². The Balaban J connectivity index is 1.66. The van der Waals surface area contributed by atoms with E-state index in [-0.39, 0.29) is 23.6 Å². The first-order valence-electron chi connectivity index (χ1n) is 8.48. The summed E-state index contributed by atoms with van der Waals surface area (Å²) in [5.41, 5.74) is 0.883. The highest BCUT2D eigenvalue weighted by Gasteiger charge is 2.28. The van der Waals surface area contributed by atoms with Crippen molar-refractivity contribution in [1.82, 2.24) is 10.3 Å². The number of para-hydroxylation sites is 2. The van der Waals surface area contributed by atoms with Crippen LogP contribution in [0.2, 0.25) is 0 Å². The van der Waals surface area contributed by atoms with E-state index in [1.165, 1.54) is 12.5 Å². The van der Waals surface area contributed by atoms with Crippen molar-refractivity contribution in [3.63, 3.8) is 0 Å². The van der Waals surface area contributed by atoms with Gasteiger partial charge in [0.25, 0.3) is 5.91 Å². The van der Waals surface area contributed by atoms with E-state index in [1.54, 1.807) is 18.2 Å². The van der Waals surface area contributed by atoms with Gasteiger partial charge in [-0.1, -0.05) is 26.0 Å². The highest BCUT2D eigenvalue weighted by molar-refractivity contribution is 5.93. The Labute approximate surface area is 150 Å². The summed E-state index contributed by atoms with van der Waals surface area (Å²) in [5.74, 6) is 0.448. The van der Waals surface area contributed by atoms with Crippen molar-refractivity contribution >= 4 is 11.6 Å². The molecule has 26 heavy (non-hydrogen) atoms. The second kappa shape index (κ2) is 7.72. The number of hydrogen-bond acceptors (Lipinski definition) is 5. The van der Waals surface area contributed by atoms with Crippen LogP contribution in [-0.4, -0.2) is 36.6 Å². The smallest absolute Gasteiger partial charge is 0.387 e. The Morgan fingerprint density at radius 3 is 2.88 bits per heavy atom. The number of carbonyl (C=O) groups excluding carboxylic acids is 1. The molecule has 0 bridgehead atoms. The molecule has 0 aliphatic carbocycles. The fraction of sp³-hybridized carbons (Fsp3) is 0.444. The Morgan fingerprint density at radius 1 is 1.38 bits per heavy atom. The van der Waals surface area contributed by atoms with Crippen LogP contribution in [0.1, 0.15) is 42.4 Å². The number of alkyl halides is 2. The monoisotopic (exact) mass is 365 g/mol. The maximum atomic E-state index is 12.6. The van der Waals surface area contributed by atoms with Crippen LogP contribution in [0.15, 0.2) is 35.1 Å². The van der Waals surface area contributed by atoms with Gasteiger partial charge in [0, 0.05) is 25.0 Å². The molecule has 1 aliphatic heterocycles. The zero-order chi connectivity index (χ0) is 18.7. The van der Waals surface area contributed by atoms with Crippen LogP contribution in [0.3, 0.4) is 0 Å². The van der Waals surface area contributed by atoms with Crippen molar-refractivity contribution in [3.8, 4) is 5.75 Å². The molecule has 1 aliphatic rings. The van der Waals surface area contributed by atoms with Gasteiger partial charge >= 0.3 is 6.61 Å². The first-order valence-corrected chi connectivity index (χ1v) is 8.48. The topological polar surface area (TPSA) is 67.6 Å². The van der Waals surface area contributed by atoms with Gasteiger partial charge in [0.15, 0.2) is 12.1 Å². The van der Waals surface area contributed by atoms with Gasteiger partial charge in [-0.05, 0) is 18.6 Å². The number of aromatic nitrogens is 1. The molecule has 6 nitrogen and oxygen atoms in total. The molecular formula is C18H21F2N3O3. The second-order valence-corrected chi connectivity index (χ2v) is 6.47. The van der Waals surface area contributed by atoms with Crippen LogP contribution in [0.25, 0.3) is 0 Å². The van der Waals surface area contributed by atoms with Crippen molar-refractivity contribution in [2.75, 3.05) is 18.0 Å². The summed E-state index contributed by atoms with van der Waals surface area (Å²) >= 11 is 0. The highest BCUT2D eigenvalue weighted by atomic mass is 19.3. The lowest BCUT2D eigenvalue weighted by Crippen LogP contribution is -2.37. The number of rotatable bonds is 6. The van der Waals surface area contributed by atoms with Gasteiger partial charge in [0.2, 0.25) is 0 Å². The SMILES string of the molecule is CC(C)c1ocnc1C(=O)NC1CCN(c2ccccc2OC(F)F)C1. The first-order chi connectivity index (χ1) is 12.5. The quantitative estimate of drug-likeness (QED) is 0.850. The summed E-state index contributed by atoms with van der Waals surface area (Å²) in [7, 11) is 0. The van der Waals surface area contributed by atoms with Crippen molar-refractivity contribution in [2.24, 2.45) is 0 Å². The largest absolute Gasteiger partial charge is 0.447 e. The number of nitrogens with one attached hydrogen (secondary N) is 1. The molecule has 1 saturated heterocycles. The first kappa shape index (κ1) is 18.2. The maximum Gasteiger partial charge on any atom is 0.387 e. The number of benzene rings is 1. The van der Waals surface area contributed by atoms with E-state index in [2.05, 4.69) is 15.0 Å². The van der Waals surface area contributed by atoms with Crippen LogP contribution in [0.4, 0.5) is 14.5 Å². The summed E-state index contributed by atoms with van der Waals surface area (Å²) in [4.78, 5) is 18.4. The third-order valence-corrected chi connectivity index (χ3v) is 4.28. The van der Waals surface area contributed by atoms with Crippen LogP contribution in [-0.2, 0) is 0 Å². The average Bonchev–Trinajstić information content (AvgIpc) is 3.24. The third kappa shape index (κ3) is 3.95. The van der Waals surface area contributed by atoms with Crippen LogP contribution < -0.4 is 15.0 Å². The number of nitrogens with zero attached hydrogens (tertiary/aromatic N) is 2. The van der Waals surface area contributed by atoms with Crippen LogP contribution in [0, 0.1) is 0 Å². The van der Waals surface area contributed by atoms with Gasteiger partial charge in [-0.3, -0.25) is 4.79 Å².